The zero-order valence-electron chi connectivity index (χ0n) is 14.1. The molecular weight excluding hydrogens is 284 g/mol. The summed E-state index contributed by atoms with van der Waals surface area (Å²) in [6, 6.07) is 9.78. The first-order chi connectivity index (χ1) is 10.9. The molecule has 1 atom stereocenters. The van der Waals surface area contributed by atoms with Gasteiger partial charge >= 0.3 is 0 Å². The molecule has 0 aliphatic carbocycles. The van der Waals surface area contributed by atoms with E-state index >= 15 is 0 Å². The molecule has 0 saturated carbocycles. The first kappa shape index (κ1) is 18.4. The van der Waals surface area contributed by atoms with Crippen molar-refractivity contribution in [1.29, 1.82) is 5.26 Å². The normalized spacial score (nSPS) is 12.2. The Labute approximate surface area is 139 Å². The van der Waals surface area contributed by atoms with Crippen LogP contribution in [0.3, 0.4) is 0 Å². The van der Waals surface area contributed by atoms with E-state index in [9.17, 15) is 4.79 Å². The summed E-state index contributed by atoms with van der Waals surface area (Å²) in [5.41, 5.74) is 4.12. The van der Waals surface area contributed by atoms with Crippen LogP contribution in [0.1, 0.15) is 50.8 Å². The maximum atomic E-state index is 11.2. The number of hydrogen-bond acceptors (Lipinski definition) is 3. The van der Waals surface area contributed by atoms with E-state index in [1.54, 1.807) is 13.8 Å². The van der Waals surface area contributed by atoms with Crippen molar-refractivity contribution >= 4 is 5.78 Å². The SMILES string of the molecule is C=C(CC=C(C)C(C)=O)C(=C)N[C@@H](CC)c1ccc(C#N)cc1. The van der Waals surface area contributed by atoms with E-state index in [-0.39, 0.29) is 11.8 Å². The third-order valence-electron chi connectivity index (χ3n) is 3.84. The Balaban J connectivity index is 2.72. The Kier molecular flexibility index (Phi) is 7.02. The summed E-state index contributed by atoms with van der Waals surface area (Å²) < 4.78 is 0. The smallest absolute Gasteiger partial charge is 0.155 e. The molecule has 0 amide bonds. The molecule has 0 unspecified atom stereocenters. The van der Waals surface area contributed by atoms with Crippen molar-refractivity contribution in [2.24, 2.45) is 0 Å². The second-order valence-corrected chi connectivity index (χ2v) is 5.57. The van der Waals surface area contributed by atoms with E-state index in [0.29, 0.717) is 12.0 Å². The summed E-state index contributed by atoms with van der Waals surface area (Å²) in [6.45, 7) is 13.5. The summed E-state index contributed by atoms with van der Waals surface area (Å²) in [6.07, 6.45) is 3.36. The Hall–Kier alpha value is -2.60. The van der Waals surface area contributed by atoms with E-state index in [2.05, 4.69) is 31.5 Å². The van der Waals surface area contributed by atoms with Gasteiger partial charge in [0.1, 0.15) is 0 Å². The van der Waals surface area contributed by atoms with Gasteiger partial charge in [-0.3, -0.25) is 4.79 Å². The molecule has 1 aromatic carbocycles. The first-order valence-electron chi connectivity index (χ1n) is 7.70. The average Bonchev–Trinajstić information content (AvgIpc) is 2.56. The van der Waals surface area contributed by atoms with Gasteiger partial charge in [-0.15, -0.1) is 0 Å². The summed E-state index contributed by atoms with van der Waals surface area (Å²) in [5.74, 6) is 0.0698. The fraction of sp³-hybridized carbons (Fsp3) is 0.300. The van der Waals surface area contributed by atoms with E-state index in [1.807, 2.05) is 30.3 Å². The topological polar surface area (TPSA) is 52.9 Å². The number of nitrogens with one attached hydrogen (secondary N) is 1. The van der Waals surface area contributed by atoms with Crippen LogP contribution in [0.4, 0.5) is 0 Å². The molecule has 0 aromatic heterocycles. The molecule has 0 fully saturated rings. The highest BCUT2D eigenvalue weighted by molar-refractivity contribution is 5.92. The van der Waals surface area contributed by atoms with E-state index < -0.39 is 0 Å². The van der Waals surface area contributed by atoms with Gasteiger partial charge in [-0.05, 0) is 55.5 Å². The Bertz CT molecular complexity index is 660. The highest BCUT2D eigenvalue weighted by Crippen LogP contribution is 2.21. The fourth-order valence-electron chi connectivity index (χ4n) is 2.07. The minimum Gasteiger partial charge on any atom is -0.379 e. The third kappa shape index (κ3) is 5.60. The van der Waals surface area contributed by atoms with Crippen LogP contribution in [0.15, 0.2) is 60.3 Å². The number of rotatable bonds is 8. The van der Waals surface area contributed by atoms with Gasteiger partial charge < -0.3 is 5.32 Å². The lowest BCUT2D eigenvalue weighted by atomic mass is 10.0. The van der Waals surface area contributed by atoms with Crippen molar-refractivity contribution in [1.82, 2.24) is 5.32 Å². The Morgan fingerprint density at radius 3 is 2.39 bits per heavy atom. The fourth-order valence-corrected chi connectivity index (χ4v) is 2.07. The molecule has 0 saturated heterocycles. The molecule has 0 radical (unpaired) electrons. The maximum absolute atomic E-state index is 11.2. The minimum absolute atomic E-state index is 0.0698. The maximum Gasteiger partial charge on any atom is 0.155 e. The molecule has 3 nitrogen and oxygen atoms in total. The van der Waals surface area contributed by atoms with Crippen LogP contribution in [0, 0.1) is 11.3 Å². The van der Waals surface area contributed by atoms with E-state index in [0.717, 1.165) is 28.8 Å². The van der Waals surface area contributed by atoms with Crippen LogP contribution in [-0.4, -0.2) is 5.78 Å². The van der Waals surface area contributed by atoms with Crippen LogP contribution in [0.5, 0.6) is 0 Å². The lowest BCUT2D eigenvalue weighted by Crippen LogP contribution is -2.20. The second-order valence-electron chi connectivity index (χ2n) is 5.57. The van der Waals surface area contributed by atoms with Crippen molar-refractivity contribution in [2.45, 2.75) is 39.7 Å². The number of nitriles is 1. The minimum atomic E-state index is 0.0698. The molecule has 1 N–H and O–H groups in total. The second kappa shape index (κ2) is 8.75. The summed E-state index contributed by atoms with van der Waals surface area (Å²) in [7, 11) is 0. The van der Waals surface area contributed by atoms with Gasteiger partial charge in [0.2, 0.25) is 0 Å². The zero-order chi connectivity index (χ0) is 17.4. The first-order valence-corrected chi connectivity index (χ1v) is 7.70. The number of carbonyl (C=O) groups is 1. The van der Waals surface area contributed by atoms with Gasteiger partial charge in [0, 0.05) is 5.70 Å². The number of carbonyl (C=O) groups excluding carboxylic acids is 1. The molecule has 0 heterocycles. The van der Waals surface area contributed by atoms with Gasteiger partial charge in [-0.2, -0.15) is 5.26 Å². The molecule has 23 heavy (non-hydrogen) atoms. The molecule has 0 aliphatic rings. The number of benzene rings is 1. The number of hydrogen-bond donors (Lipinski definition) is 1. The van der Waals surface area contributed by atoms with Crippen molar-refractivity contribution in [3.63, 3.8) is 0 Å². The third-order valence-corrected chi connectivity index (χ3v) is 3.84. The lowest BCUT2D eigenvalue weighted by molar-refractivity contribution is -0.113. The van der Waals surface area contributed by atoms with Gasteiger partial charge in [-0.25, -0.2) is 0 Å². The molecule has 3 heteroatoms. The van der Waals surface area contributed by atoms with Crippen LogP contribution in [0.2, 0.25) is 0 Å². The zero-order valence-corrected chi connectivity index (χ0v) is 14.1. The van der Waals surface area contributed by atoms with Crippen molar-refractivity contribution in [3.05, 3.63) is 71.5 Å². The monoisotopic (exact) mass is 308 g/mol. The number of allylic oxidation sites excluding steroid dienone is 3. The van der Waals surface area contributed by atoms with E-state index in [4.69, 9.17) is 5.26 Å². The van der Waals surface area contributed by atoms with Crippen molar-refractivity contribution in [2.75, 3.05) is 0 Å². The molecule has 0 spiro atoms. The predicted octanol–water partition coefficient (Wildman–Crippen LogP) is 4.59. The summed E-state index contributed by atoms with van der Waals surface area (Å²) >= 11 is 0. The Morgan fingerprint density at radius 1 is 1.30 bits per heavy atom. The van der Waals surface area contributed by atoms with Gasteiger partial charge in [0.05, 0.1) is 17.7 Å². The molecule has 0 aliphatic heterocycles. The van der Waals surface area contributed by atoms with Gasteiger partial charge in [0.25, 0.3) is 0 Å². The average molecular weight is 308 g/mol. The largest absolute Gasteiger partial charge is 0.379 e. The summed E-state index contributed by atoms with van der Waals surface area (Å²) in [5, 5.41) is 12.2. The lowest BCUT2D eigenvalue weighted by Gasteiger charge is -2.21. The molecule has 1 rings (SSSR count). The quantitative estimate of drug-likeness (QED) is 0.564. The van der Waals surface area contributed by atoms with Crippen LogP contribution >= 0.6 is 0 Å². The van der Waals surface area contributed by atoms with Crippen molar-refractivity contribution in [3.8, 4) is 6.07 Å². The summed E-state index contributed by atoms with van der Waals surface area (Å²) in [4.78, 5) is 11.2. The van der Waals surface area contributed by atoms with Gasteiger partial charge in [0.15, 0.2) is 5.78 Å². The van der Waals surface area contributed by atoms with E-state index in [1.165, 1.54) is 0 Å². The predicted molar refractivity (Wildman–Crippen MR) is 94.7 cm³/mol. The molecule has 1 aromatic rings. The molecule has 120 valence electrons. The van der Waals surface area contributed by atoms with Crippen LogP contribution < -0.4 is 5.32 Å². The number of Topliss-reactive ketones (excluding diaryl/α,β-unsaturated/α-hetero) is 1. The van der Waals surface area contributed by atoms with Crippen LogP contribution in [0.25, 0.3) is 0 Å². The van der Waals surface area contributed by atoms with Crippen molar-refractivity contribution < 1.29 is 4.79 Å². The molecular formula is C20H24N2O. The molecule has 0 bridgehead atoms. The Morgan fingerprint density at radius 2 is 1.91 bits per heavy atom. The highest BCUT2D eigenvalue weighted by atomic mass is 16.1. The highest BCUT2D eigenvalue weighted by Gasteiger charge is 2.11. The van der Waals surface area contributed by atoms with Crippen LogP contribution in [-0.2, 0) is 4.79 Å². The number of ketones is 1. The van der Waals surface area contributed by atoms with Gasteiger partial charge in [-0.1, -0.05) is 38.3 Å². The standard InChI is InChI=1S/C20H24N2O/c1-6-20(19-11-9-18(13-21)10-12-19)22-16(4)14(2)7-8-15(3)17(5)23/h8-12,20,22H,2,4,6-7H2,1,3,5H3/t20-/m0/s1. The number of nitrogens with zero attached hydrogens (tertiary/aromatic N) is 1.